The number of alkyl halides is 3. The third kappa shape index (κ3) is 6.83. The first-order valence-electron chi connectivity index (χ1n) is 12.3. The highest BCUT2D eigenvalue weighted by Gasteiger charge is 2.43. The van der Waals surface area contributed by atoms with Crippen molar-refractivity contribution in [2.24, 2.45) is 0 Å². The quantitative estimate of drug-likeness (QED) is 0.539. The standard InChI is InChI=1S/C25H30F4N4O5/c1-16-11-19(26)20(30-24(35)33-3-2-7-37-21(15-33)25(27,28)29)14-18(16)17-12-22(32-4-8-36-9-5-32)31-23(13-17)38-10-6-34/h11-14,21,34H,2-10,15H2,1H3,(H,30,35). The highest BCUT2D eigenvalue weighted by atomic mass is 19.4. The molecule has 208 valence electrons. The van der Waals surface area contributed by atoms with Crippen LogP contribution in [0.5, 0.6) is 5.88 Å². The molecule has 9 nitrogen and oxygen atoms in total. The molecule has 2 aliphatic rings. The van der Waals surface area contributed by atoms with E-state index in [0.717, 1.165) is 4.90 Å². The Labute approximate surface area is 217 Å². The van der Waals surface area contributed by atoms with Crippen LogP contribution in [0.3, 0.4) is 0 Å². The largest absolute Gasteiger partial charge is 0.475 e. The summed E-state index contributed by atoms with van der Waals surface area (Å²) in [4.78, 5) is 20.4. The highest BCUT2D eigenvalue weighted by Crippen LogP contribution is 2.34. The van der Waals surface area contributed by atoms with Gasteiger partial charge in [0.15, 0.2) is 6.10 Å². The predicted molar refractivity (Wildman–Crippen MR) is 131 cm³/mol. The van der Waals surface area contributed by atoms with Gasteiger partial charge in [0.25, 0.3) is 0 Å². The van der Waals surface area contributed by atoms with Crippen LogP contribution in [0.25, 0.3) is 11.1 Å². The molecular weight excluding hydrogens is 512 g/mol. The zero-order chi connectivity index (χ0) is 27.3. The van der Waals surface area contributed by atoms with Gasteiger partial charge in [-0.1, -0.05) is 0 Å². The molecule has 0 saturated carbocycles. The van der Waals surface area contributed by atoms with Gasteiger partial charge in [-0.25, -0.2) is 9.18 Å². The number of aliphatic hydroxyl groups is 1. The number of aromatic nitrogens is 1. The maximum absolute atomic E-state index is 14.9. The van der Waals surface area contributed by atoms with E-state index in [0.29, 0.717) is 48.8 Å². The van der Waals surface area contributed by atoms with Crippen LogP contribution in [0.15, 0.2) is 24.3 Å². The summed E-state index contributed by atoms with van der Waals surface area (Å²) in [6, 6.07) is 5.29. The number of benzene rings is 1. The second kappa shape index (κ2) is 12.1. The Morgan fingerprint density at radius 1 is 1.18 bits per heavy atom. The van der Waals surface area contributed by atoms with Crippen LogP contribution in [0.2, 0.25) is 0 Å². The van der Waals surface area contributed by atoms with E-state index in [-0.39, 0.29) is 44.4 Å². The van der Waals surface area contributed by atoms with E-state index in [1.165, 1.54) is 12.1 Å². The van der Waals surface area contributed by atoms with Gasteiger partial charge in [0.2, 0.25) is 5.88 Å². The summed E-state index contributed by atoms with van der Waals surface area (Å²) in [5.74, 6) is 0.142. The van der Waals surface area contributed by atoms with Crippen molar-refractivity contribution in [3.05, 3.63) is 35.6 Å². The summed E-state index contributed by atoms with van der Waals surface area (Å²) >= 11 is 0. The van der Waals surface area contributed by atoms with Gasteiger partial charge in [0.05, 0.1) is 32.1 Å². The van der Waals surface area contributed by atoms with Crippen molar-refractivity contribution < 1.29 is 41.7 Å². The molecule has 2 amide bonds. The predicted octanol–water partition coefficient (Wildman–Crippen LogP) is 3.59. The van der Waals surface area contributed by atoms with Gasteiger partial charge in [0.1, 0.15) is 18.2 Å². The van der Waals surface area contributed by atoms with Crippen LogP contribution in [-0.2, 0) is 9.47 Å². The third-order valence-electron chi connectivity index (χ3n) is 6.26. The number of nitrogens with one attached hydrogen (secondary N) is 1. The fraction of sp³-hybridized carbons (Fsp3) is 0.520. The number of ether oxygens (including phenoxy) is 3. The minimum absolute atomic E-state index is 0.0289. The first kappa shape index (κ1) is 27.9. The van der Waals surface area contributed by atoms with Gasteiger partial charge < -0.3 is 34.4 Å². The maximum atomic E-state index is 14.9. The first-order chi connectivity index (χ1) is 18.2. The summed E-state index contributed by atoms with van der Waals surface area (Å²) in [5, 5.41) is 11.6. The number of aliphatic hydroxyl groups excluding tert-OH is 1. The van der Waals surface area contributed by atoms with Gasteiger partial charge in [-0.15, -0.1) is 0 Å². The zero-order valence-corrected chi connectivity index (χ0v) is 20.9. The van der Waals surface area contributed by atoms with Gasteiger partial charge in [-0.05, 0) is 48.2 Å². The Hall–Kier alpha value is -3.16. The Morgan fingerprint density at radius 3 is 2.66 bits per heavy atom. The molecule has 1 atom stereocenters. The second-order valence-electron chi connectivity index (χ2n) is 9.00. The second-order valence-corrected chi connectivity index (χ2v) is 9.00. The van der Waals surface area contributed by atoms with Crippen molar-refractivity contribution in [1.29, 1.82) is 0 Å². The van der Waals surface area contributed by atoms with Crippen LogP contribution >= 0.6 is 0 Å². The number of urea groups is 1. The normalized spacial score (nSPS) is 18.7. The maximum Gasteiger partial charge on any atom is 0.416 e. The SMILES string of the molecule is Cc1cc(F)c(NC(=O)N2CCCOC(C(F)(F)F)C2)cc1-c1cc(OCCO)nc(N2CCOCC2)c1. The smallest absolute Gasteiger partial charge is 0.416 e. The van der Waals surface area contributed by atoms with E-state index in [9.17, 15) is 27.5 Å². The fourth-order valence-electron chi connectivity index (χ4n) is 4.31. The molecule has 2 aliphatic heterocycles. The number of nitrogens with zero attached hydrogens (tertiary/aromatic N) is 3. The van der Waals surface area contributed by atoms with E-state index in [2.05, 4.69) is 10.3 Å². The summed E-state index contributed by atoms with van der Waals surface area (Å²) in [6.07, 6.45) is -6.51. The van der Waals surface area contributed by atoms with Crippen molar-refractivity contribution in [3.63, 3.8) is 0 Å². The number of aryl methyl sites for hydroxylation is 1. The molecular formula is C25H30F4N4O5. The molecule has 2 saturated heterocycles. The minimum atomic E-state index is -4.62. The Bertz CT molecular complexity index is 1130. The molecule has 4 rings (SSSR count). The van der Waals surface area contributed by atoms with Crippen molar-refractivity contribution in [3.8, 4) is 17.0 Å². The van der Waals surface area contributed by atoms with Crippen LogP contribution in [0.1, 0.15) is 12.0 Å². The van der Waals surface area contributed by atoms with Gasteiger partial charge in [-0.2, -0.15) is 18.2 Å². The number of morpholine rings is 1. The number of halogens is 4. The fourth-order valence-corrected chi connectivity index (χ4v) is 4.31. The molecule has 1 aromatic carbocycles. The van der Waals surface area contributed by atoms with Crippen molar-refractivity contribution in [1.82, 2.24) is 9.88 Å². The molecule has 0 spiro atoms. The molecule has 0 radical (unpaired) electrons. The summed E-state index contributed by atoms with van der Waals surface area (Å²) in [5.41, 5.74) is 1.59. The van der Waals surface area contributed by atoms with Gasteiger partial charge in [-0.3, -0.25) is 0 Å². The number of pyridine rings is 1. The van der Waals surface area contributed by atoms with Crippen molar-refractivity contribution in [2.45, 2.75) is 25.6 Å². The lowest BCUT2D eigenvalue weighted by Gasteiger charge is -2.28. The topological polar surface area (TPSA) is 96.4 Å². The monoisotopic (exact) mass is 542 g/mol. The average Bonchev–Trinajstić information content (AvgIpc) is 3.16. The van der Waals surface area contributed by atoms with Crippen molar-refractivity contribution >= 4 is 17.5 Å². The molecule has 3 heterocycles. The van der Waals surface area contributed by atoms with Gasteiger partial charge in [0, 0.05) is 32.3 Å². The molecule has 1 aromatic heterocycles. The zero-order valence-electron chi connectivity index (χ0n) is 20.9. The molecule has 38 heavy (non-hydrogen) atoms. The molecule has 0 bridgehead atoms. The number of anilines is 2. The number of amides is 2. The number of carbonyl (C=O) groups excluding carboxylic acids is 1. The summed E-state index contributed by atoms with van der Waals surface area (Å²) in [6.45, 7) is 3.02. The number of hydrogen-bond donors (Lipinski definition) is 2. The molecule has 0 aliphatic carbocycles. The number of hydrogen-bond acceptors (Lipinski definition) is 7. The van der Waals surface area contributed by atoms with E-state index in [4.69, 9.17) is 14.2 Å². The molecule has 2 N–H and O–H groups in total. The van der Waals surface area contributed by atoms with Crippen LogP contribution < -0.4 is 15.0 Å². The highest BCUT2D eigenvalue weighted by molar-refractivity contribution is 5.91. The average molecular weight is 543 g/mol. The van der Waals surface area contributed by atoms with E-state index in [1.54, 1.807) is 13.0 Å². The third-order valence-corrected chi connectivity index (χ3v) is 6.26. The van der Waals surface area contributed by atoms with Gasteiger partial charge >= 0.3 is 12.2 Å². The minimum Gasteiger partial charge on any atom is -0.475 e. The molecule has 1 unspecified atom stereocenters. The Balaban J connectivity index is 1.62. The lowest BCUT2D eigenvalue weighted by Crippen LogP contribution is -2.45. The number of rotatable bonds is 6. The molecule has 2 aromatic rings. The van der Waals surface area contributed by atoms with Crippen molar-refractivity contribution in [2.75, 3.05) is 69.4 Å². The number of carbonyl (C=O) groups is 1. The summed E-state index contributed by atoms with van der Waals surface area (Å²) < 4.78 is 70.4. The lowest BCUT2D eigenvalue weighted by atomic mass is 10.00. The van der Waals surface area contributed by atoms with E-state index < -0.39 is 30.7 Å². The van der Waals surface area contributed by atoms with Crippen LogP contribution in [-0.4, -0.2) is 92.5 Å². The Morgan fingerprint density at radius 2 is 1.95 bits per heavy atom. The molecule has 13 heteroatoms. The van der Waals surface area contributed by atoms with Crippen LogP contribution in [0.4, 0.5) is 33.9 Å². The first-order valence-corrected chi connectivity index (χ1v) is 12.3. The summed E-state index contributed by atoms with van der Waals surface area (Å²) in [7, 11) is 0. The molecule has 2 fully saturated rings. The lowest BCUT2D eigenvalue weighted by molar-refractivity contribution is -0.218. The van der Waals surface area contributed by atoms with Crippen LogP contribution in [0, 0.1) is 12.7 Å². The Kier molecular flexibility index (Phi) is 8.90. The van der Waals surface area contributed by atoms with E-state index >= 15 is 0 Å². The van der Waals surface area contributed by atoms with E-state index in [1.807, 2.05) is 11.0 Å².